The van der Waals surface area contributed by atoms with Crippen LogP contribution >= 0.6 is 11.8 Å². The number of H-pyrrole nitrogens is 1. The third kappa shape index (κ3) is 2.82. The van der Waals surface area contributed by atoms with Crippen LogP contribution in [0.1, 0.15) is 25.8 Å². The summed E-state index contributed by atoms with van der Waals surface area (Å²) in [5, 5.41) is 1.34. The molecule has 0 amide bonds. The van der Waals surface area contributed by atoms with Gasteiger partial charge >= 0.3 is 0 Å². The molecule has 4 heteroatoms. The van der Waals surface area contributed by atoms with Gasteiger partial charge in [0.05, 0.1) is 11.0 Å². The molecule has 0 aliphatic carbocycles. The first-order chi connectivity index (χ1) is 8.10. The number of fused-ring (bicyclic) bond motifs is 1. The third-order valence-electron chi connectivity index (χ3n) is 2.99. The van der Waals surface area contributed by atoms with Crippen molar-refractivity contribution in [2.75, 3.05) is 0 Å². The molecule has 2 atom stereocenters. The molecule has 0 saturated heterocycles. The number of thioether (sulfide) groups is 1. The van der Waals surface area contributed by atoms with Crippen molar-refractivity contribution in [1.82, 2.24) is 9.97 Å². The Bertz CT molecular complexity index is 506. The molecule has 0 spiro atoms. The van der Waals surface area contributed by atoms with Gasteiger partial charge in [-0.05, 0) is 31.0 Å². The molecular weight excluding hydrogens is 230 g/mol. The lowest BCUT2D eigenvalue weighted by atomic mass is 10.2. The SMILES string of the molecule is CCC(N)C(C)Sc1nc2ccc(C)cc2[nH]1. The average Bonchev–Trinajstić information content (AvgIpc) is 2.69. The predicted octanol–water partition coefficient (Wildman–Crippen LogP) is 3.09. The molecular formula is C13H19N3S. The highest BCUT2D eigenvalue weighted by molar-refractivity contribution is 7.99. The maximum Gasteiger partial charge on any atom is 0.166 e. The number of rotatable bonds is 4. The molecule has 0 bridgehead atoms. The van der Waals surface area contributed by atoms with Gasteiger partial charge in [-0.1, -0.05) is 31.7 Å². The summed E-state index contributed by atoms with van der Waals surface area (Å²) in [5.41, 5.74) is 9.39. The van der Waals surface area contributed by atoms with E-state index in [0.717, 1.165) is 22.6 Å². The number of nitrogens with one attached hydrogen (secondary N) is 1. The number of hydrogen-bond acceptors (Lipinski definition) is 3. The third-order valence-corrected chi connectivity index (χ3v) is 4.13. The summed E-state index contributed by atoms with van der Waals surface area (Å²) in [6.45, 7) is 6.35. The van der Waals surface area contributed by atoms with Gasteiger partial charge < -0.3 is 10.7 Å². The fraction of sp³-hybridized carbons (Fsp3) is 0.462. The van der Waals surface area contributed by atoms with Crippen LogP contribution in [0.15, 0.2) is 23.4 Å². The number of nitrogens with two attached hydrogens (primary N) is 1. The minimum Gasteiger partial charge on any atom is -0.333 e. The molecule has 1 aromatic carbocycles. The Kier molecular flexibility index (Phi) is 3.74. The number of nitrogens with zero attached hydrogens (tertiary/aromatic N) is 1. The largest absolute Gasteiger partial charge is 0.333 e. The van der Waals surface area contributed by atoms with Gasteiger partial charge in [0.25, 0.3) is 0 Å². The fourth-order valence-corrected chi connectivity index (χ4v) is 2.79. The maximum atomic E-state index is 6.02. The number of imidazole rings is 1. The Morgan fingerprint density at radius 3 is 2.94 bits per heavy atom. The van der Waals surface area contributed by atoms with Gasteiger partial charge in [-0.15, -0.1) is 0 Å². The molecule has 0 aliphatic rings. The van der Waals surface area contributed by atoms with Crippen molar-refractivity contribution in [1.29, 1.82) is 0 Å². The molecule has 0 saturated carbocycles. The maximum absolute atomic E-state index is 6.02. The second-order valence-electron chi connectivity index (χ2n) is 4.46. The highest BCUT2D eigenvalue weighted by Gasteiger charge is 2.14. The van der Waals surface area contributed by atoms with Crippen molar-refractivity contribution in [2.24, 2.45) is 5.73 Å². The van der Waals surface area contributed by atoms with Gasteiger partial charge in [-0.25, -0.2) is 4.98 Å². The molecule has 2 rings (SSSR count). The van der Waals surface area contributed by atoms with Gasteiger partial charge in [-0.2, -0.15) is 0 Å². The Hall–Kier alpha value is -1.00. The summed E-state index contributed by atoms with van der Waals surface area (Å²) >= 11 is 1.72. The number of hydrogen-bond donors (Lipinski definition) is 2. The molecule has 0 radical (unpaired) electrons. The minimum atomic E-state index is 0.218. The normalized spacial score (nSPS) is 15.1. The lowest BCUT2D eigenvalue weighted by molar-refractivity contribution is 0.641. The molecule has 92 valence electrons. The van der Waals surface area contributed by atoms with Crippen LogP contribution in [-0.4, -0.2) is 21.3 Å². The summed E-state index contributed by atoms with van der Waals surface area (Å²) in [7, 11) is 0. The van der Waals surface area contributed by atoms with E-state index in [4.69, 9.17) is 5.73 Å². The van der Waals surface area contributed by atoms with Crippen molar-refractivity contribution in [3.05, 3.63) is 23.8 Å². The molecule has 2 unspecified atom stereocenters. The number of aromatic amines is 1. The molecule has 2 aromatic rings. The van der Waals surface area contributed by atoms with Crippen molar-refractivity contribution in [3.63, 3.8) is 0 Å². The standard InChI is InChI=1S/C13H19N3S/c1-4-10(14)9(3)17-13-15-11-6-5-8(2)7-12(11)16-13/h5-7,9-10H,4,14H2,1-3H3,(H,15,16). The summed E-state index contributed by atoms with van der Waals surface area (Å²) in [4.78, 5) is 7.90. The van der Waals surface area contributed by atoms with Crippen LogP contribution in [0.4, 0.5) is 0 Å². The van der Waals surface area contributed by atoms with Crippen LogP contribution in [0.25, 0.3) is 11.0 Å². The van der Waals surface area contributed by atoms with E-state index in [1.165, 1.54) is 5.56 Å². The van der Waals surface area contributed by atoms with E-state index >= 15 is 0 Å². The molecule has 0 fully saturated rings. The van der Waals surface area contributed by atoms with E-state index in [-0.39, 0.29) is 6.04 Å². The minimum absolute atomic E-state index is 0.218. The van der Waals surface area contributed by atoms with Gasteiger partial charge in [0.2, 0.25) is 0 Å². The number of benzene rings is 1. The lowest BCUT2D eigenvalue weighted by Crippen LogP contribution is -2.29. The predicted molar refractivity (Wildman–Crippen MR) is 74.4 cm³/mol. The quantitative estimate of drug-likeness (QED) is 0.819. The fourth-order valence-electron chi connectivity index (χ4n) is 1.75. The van der Waals surface area contributed by atoms with Crippen LogP contribution in [0.2, 0.25) is 0 Å². The average molecular weight is 249 g/mol. The first kappa shape index (κ1) is 12.5. The van der Waals surface area contributed by atoms with Crippen molar-refractivity contribution < 1.29 is 0 Å². The Labute approximate surface area is 106 Å². The van der Waals surface area contributed by atoms with Crippen LogP contribution in [0.3, 0.4) is 0 Å². The molecule has 1 heterocycles. The lowest BCUT2D eigenvalue weighted by Gasteiger charge is -2.15. The Morgan fingerprint density at radius 2 is 2.24 bits per heavy atom. The van der Waals surface area contributed by atoms with Crippen molar-refractivity contribution >= 4 is 22.8 Å². The zero-order valence-electron chi connectivity index (χ0n) is 10.5. The first-order valence-corrected chi connectivity index (χ1v) is 6.86. The summed E-state index contributed by atoms with van der Waals surface area (Å²) in [5.74, 6) is 0. The monoisotopic (exact) mass is 249 g/mol. The second-order valence-corrected chi connectivity index (χ2v) is 5.82. The van der Waals surface area contributed by atoms with Crippen LogP contribution in [0, 0.1) is 6.92 Å². The highest BCUT2D eigenvalue weighted by atomic mass is 32.2. The van der Waals surface area contributed by atoms with Gasteiger partial charge in [0.15, 0.2) is 5.16 Å². The van der Waals surface area contributed by atoms with Crippen molar-refractivity contribution in [2.45, 2.75) is 43.6 Å². The summed E-state index contributed by atoms with van der Waals surface area (Å²) in [6.07, 6.45) is 0.994. The topological polar surface area (TPSA) is 54.7 Å². The molecule has 1 aromatic heterocycles. The van der Waals surface area contributed by atoms with Crippen LogP contribution in [-0.2, 0) is 0 Å². The second kappa shape index (κ2) is 5.10. The Morgan fingerprint density at radius 1 is 1.47 bits per heavy atom. The summed E-state index contributed by atoms with van der Waals surface area (Å²) in [6, 6.07) is 6.47. The molecule has 0 aliphatic heterocycles. The first-order valence-electron chi connectivity index (χ1n) is 5.98. The molecule has 3 nitrogen and oxygen atoms in total. The van der Waals surface area contributed by atoms with Crippen LogP contribution < -0.4 is 5.73 Å². The van der Waals surface area contributed by atoms with E-state index in [0.29, 0.717) is 5.25 Å². The van der Waals surface area contributed by atoms with E-state index in [2.05, 4.69) is 48.9 Å². The zero-order chi connectivity index (χ0) is 12.4. The molecule has 3 N–H and O–H groups in total. The van der Waals surface area contributed by atoms with Crippen LogP contribution in [0.5, 0.6) is 0 Å². The van der Waals surface area contributed by atoms with E-state index in [1.54, 1.807) is 11.8 Å². The van der Waals surface area contributed by atoms with E-state index in [1.807, 2.05) is 0 Å². The number of aryl methyl sites for hydroxylation is 1. The summed E-state index contributed by atoms with van der Waals surface area (Å²) < 4.78 is 0. The van der Waals surface area contributed by atoms with Gasteiger partial charge in [0.1, 0.15) is 0 Å². The van der Waals surface area contributed by atoms with Gasteiger partial charge in [-0.3, -0.25) is 0 Å². The molecule has 17 heavy (non-hydrogen) atoms. The van der Waals surface area contributed by atoms with E-state index in [9.17, 15) is 0 Å². The van der Waals surface area contributed by atoms with E-state index < -0.39 is 0 Å². The Balaban J connectivity index is 2.19. The smallest absolute Gasteiger partial charge is 0.166 e. The van der Waals surface area contributed by atoms with Crippen molar-refractivity contribution in [3.8, 4) is 0 Å². The zero-order valence-corrected chi connectivity index (χ0v) is 11.3. The highest BCUT2D eigenvalue weighted by Crippen LogP contribution is 2.25. The van der Waals surface area contributed by atoms with Gasteiger partial charge in [0, 0.05) is 11.3 Å². The number of aromatic nitrogens is 2.